The van der Waals surface area contributed by atoms with E-state index in [9.17, 15) is 5.11 Å². The number of para-hydroxylation sites is 1. The zero-order valence-corrected chi connectivity index (χ0v) is 16.4. The number of fused-ring (bicyclic) bond motifs is 2. The van der Waals surface area contributed by atoms with Crippen LogP contribution in [0.2, 0.25) is 0 Å². The number of azo groups is 1. The monoisotopic (exact) mass is 394 g/mol. The topological polar surface area (TPSA) is 62.8 Å². The fourth-order valence-electron chi connectivity index (χ4n) is 3.39. The Kier molecular flexibility index (Phi) is 4.13. The van der Waals surface area contributed by atoms with Gasteiger partial charge in [-0.05, 0) is 36.2 Å². The molecule has 2 aromatic heterocycles. The van der Waals surface area contributed by atoms with E-state index in [0.717, 1.165) is 39.0 Å². The summed E-state index contributed by atoms with van der Waals surface area (Å²) in [5.41, 5.74) is 3.70. The zero-order chi connectivity index (χ0) is 18.4. The Labute approximate surface area is 164 Å². The Morgan fingerprint density at radius 1 is 1.19 bits per heavy atom. The van der Waals surface area contributed by atoms with Gasteiger partial charge < -0.3 is 9.67 Å². The highest BCUT2D eigenvalue weighted by Gasteiger charge is 2.27. The Bertz CT molecular complexity index is 1140. The van der Waals surface area contributed by atoms with Gasteiger partial charge in [0, 0.05) is 16.9 Å². The van der Waals surface area contributed by atoms with Crippen LogP contribution in [-0.4, -0.2) is 26.2 Å². The average Bonchev–Trinajstić information content (AvgIpc) is 3.17. The maximum absolute atomic E-state index is 10.9. The van der Waals surface area contributed by atoms with Gasteiger partial charge in [-0.3, -0.25) is 0 Å². The van der Waals surface area contributed by atoms with Crippen LogP contribution in [0, 0.1) is 0 Å². The first-order valence-corrected chi connectivity index (χ1v) is 10.9. The lowest BCUT2D eigenvalue weighted by Gasteiger charge is -2.27. The lowest BCUT2D eigenvalue weighted by molar-refractivity contribution is 0.406. The summed E-state index contributed by atoms with van der Waals surface area (Å²) >= 11 is 3.39. The highest BCUT2D eigenvalue weighted by Crippen LogP contribution is 2.45. The van der Waals surface area contributed by atoms with Crippen LogP contribution in [0.25, 0.3) is 21.1 Å². The number of benzene rings is 2. The fraction of sp³-hybridized carbons (Fsp3) is 0.250. The van der Waals surface area contributed by atoms with Crippen molar-refractivity contribution in [1.29, 1.82) is 0 Å². The van der Waals surface area contributed by atoms with E-state index in [1.54, 1.807) is 0 Å². The third kappa shape index (κ3) is 2.82. The minimum Gasteiger partial charge on any atom is -0.493 e. The molecule has 4 aromatic rings. The third-order valence-electron chi connectivity index (χ3n) is 4.93. The van der Waals surface area contributed by atoms with Gasteiger partial charge in [-0.25, -0.2) is 4.98 Å². The lowest BCUT2D eigenvalue weighted by atomic mass is 10.1. The summed E-state index contributed by atoms with van der Waals surface area (Å²) in [6.07, 6.45) is 0.940. The zero-order valence-electron chi connectivity index (χ0n) is 14.8. The fourth-order valence-corrected chi connectivity index (χ4v) is 4.92. The number of thioether (sulfide) groups is 1. The first-order valence-electron chi connectivity index (χ1n) is 8.95. The van der Waals surface area contributed by atoms with Crippen molar-refractivity contribution >= 4 is 55.0 Å². The van der Waals surface area contributed by atoms with Crippen LogP contribution in [0.5, 0.6) is 5.88 Å². The van der Waals surface area contributed by atoms with E-state index in [-0.39, 0.29) is 5.88 Å². The van der Waals surface area contributed by atoms with Gasteiger partial charge >= 0.3 is 0 Å². The molecule has 0 atom stereocenters. The average molecular weight is 395 g/mol. The van der Waals surface area contributed by atoms with Crippen molar-refractivity contribution in [2.45, 2.75) is 19.4 Å². The smallest absolute Gasteiger partial charge is 0.231 e. The highest BCUT2D eigenvalue weighted by molar-refractivity contribution is 8.00. The van der Waals surface area contributed by atoms with Crippen LogP contribution in [0.1, 0.15) is 18.5 Å². The van der Waals surface area contributed by atoms with Gasteiger partial charge in [0.15, 0.2) is 5.69 Å². The quantitative estimate of drug-likeness (QED) is 0.418. The summed E-state index contributed by atoms with van der Waals surface area (Å²) in [6.45, 7) is 2.13. The summed E-state index contributed by atoms with van der Waals surface area (Å²) in [4.78, 5) is 4.51. The molecule has 136 valence electrons. The molecule has 0 unspecified atom stereocenters. The van der Waals surface area contributed by atoms with Crippen LogP contribution in [0.15, 0.2) is 52.7 Å². The molecular weight excluding hydrogens is 376 g/mol. The number of hydrogen-bond donors (Lipinski definition) is 1. The molecule has 0 aliphatic carbocycles. The van der Waals surface area contributed by atoms with Crippen LogP contribution in [0.3, 0.4) is 0 Å². The van der Waals surface area contributed by atoms with E-state index in [1.807, 2.05) is 40.6 Å². The molecule has 2 aromatic carbocycles. The van der Waals surface area contributed by atoms with E-state index in [2.05, 4.69) is 40.3 Å². The SMILES string of the molecule is CCc1ccc2c(c1)c(N=Nc1nc3ccccc3s1)c(O)n2C1CSC1. The summed E-state index contributed by atoms with van der Waals surface area (Å²) in [6, 6.07) is 14.6. The molecule has 3 heterocycles. The molecule has 7 heteroatoms. The summed E-state index contributed by atoms with van der Waals surface area (Å²) in [5.74, 6) is 2.23. The predicted molar refractivity (Wildman–Crippen MR) is 113 cm³/mol. The first kappa shape index (κ1) is 16.8. The standard InChI is InChI=1S/C20H18N4OS2/c1-2-12-7-8-16-14(9-12)18(19(25)24(16)13-10-26-11-13)22-23-20-21-15-5-3-4-6-17(15)27-20/h3-9,13,25H,2,10-11H2,1H3. The number of rotatable bonds is 4. The van der Waals surface area contributed by atoms with Gasteiger partial charge in [0.25, 0.3) is 0 Å². The van der Waals surface area contributed by atoms with E-state index in [4.69, 9.17) is 0 Å². The van der Waals surface area contributed by atoms with Crippen LogP contribution < -0.4 is 0 Å². The highest BCUT2D eigenvalue weighted by atomic mass is 32.2. The molecule has 1 aliphatic heterocycles. The van der Waals surface area contributed by atoms with E-state index in [1.165, 1.54) is 16.9 Å². The Balaban J connectivity index is 1.63. The van der Waals surface area contributed by atoms with Gasteiger partial charge in [-0.2, -0.15) is 11.8 Å². The molecule has 0 amide bonds. The summed E-state index contributed by atoms with van der Waals surface area (Å²) in [7, 11) is 0. The molecule has 1 aliphatic rings. The molecule has 5 rings (SSSR count). The van der Waals surface area contributed by atoms with Gasteiger partial charge in [0.05, 0.1) is 21.8 Å². The molecule has 27 heavy (non-hydrogen) atoms. The van der Waals surface area contributed by atoms with Crippen molar-refractivity contribution in [3.05, 3.63) is 48.0 Å². The molecule has 0 radical (unpaired) electrons. The Morgan fingerprint density at radius 3 is 2.78 bits per heavy atom. The van der Waals surface area contributed by atoms with Crippen molar-refractivity contribution in [2.24, 2.45) is 10.2 Å². The number of thiazole rings is 1. The number of hydrogen-bond acceptors (Lipinski definition) is 6. The van der Waals surface area contributed by atoms with Crippen LogP contribution in [0.4, 0.5) is 10.8 Å². The molecule has 0 spiro atoms. The Hall–Kier alpha value is -2.38. The third-order valence-corrected chi connectivity index (χ3v) is 7.09. The maximum atomic E-state index is 10.9. The van der Waals surface area contributed by atoms with E-state index >= 15 is 0 Å². The largest absolute Gasteiger partial charge is 0.493 e. The number of aromatic hydroxyl groups is 1. The maximum Gasteiger partial charge on any atom is 0.231 e. The second kappa shape index (κ2) is 6.65. The van der Waals surface area contributed by atoms with Gasteiger partial charge in [0.1, 0.15) is 0 Å². The van der Waals surface area contributed by atoms with E-state index in [0.29, 0.717) is 16.9 Å². The molecule has 1 saturated heterocycles. The van der Waals surface area contributed by atoms with Crippen molar-refractivity contribution in [1.82, 2.24) is 9.55 Å². The number of aryl methyl sites for hydroxylation is 1. The Morgan fingerprint density at radius 2 is 2.04 bits per heavy atom. The minimum atomic E-state index is 0.202. The number of aromatic nitrogens is 2. The number of nitrogens with zero attached hydrogens (tertiary/aromatic N) is 4. The van der Waals surface area contributed by atoms with Crippen LogP contribution >= 0.6 is 23.1 Å². The minimum absolute atomic E-state index is 0.202. The van der Waals surface area contributed by atoms with Crippen molar-refractivity contribution in [2.75, 3.05) is 11.5 Å². The summed E-state index contributed by atoms with van der Waals surface area (Å²) < 4.78 is 3.09. The van der Waals surface area contributed by atoms with Crippen molar-refractivity contribution in [3.8, 4) is 5.88 Å². The predicted octanol–water partition coefficient (Wildman–Crippen LogP) is 6.22. The summed E-state index contributed by atoms with van der Waals surface area (Å²) in [5, 5.41) is 21.2. The second-order valence-electron chi connectivity index (χ2n) is 6.60. The van der Waals surface area contributed by atoms with Crippen LogP contribution in [-0.2, 0) is 6.42 Å². The van der Waals surface area contributed by atoms with Gasteiger partial charge in [0.2, 0.25) is 11.0 Å². The normalized spacial score (nSPS) is 15.1. The molecular formula is C20H18N4OS2. The first-order chi connectivity index (χ1) is 13.2. The van der Waals surface area contributed by atoms with Gasteiger partial charge in [-0.1, -0.05) is 36.5 Å². The van der Waals surface area contributed by atoms with Gasteiger partial charge in [-0.15, -0.1) is 10.2 Å². The van der Waals surface area contributed by atoms with Crippen molar-refractivity contribution in [3.63, 3.8) is 0 Å². The molecule has 5 nitrogen and oxygen atoms in total. The molecule has 0 saturated carbocycles. The second-order valence-corrected chi connectivity index (χ2v) is 8.69. The molecule has 0 bridgehead atoms. The lowest BCUT2D eigenvalue weighted by Crippen LogP contribution is -2.22. The molecule has 1 fully saturated rings. The molecule has 1 N–H and O–H groups in total. The van der Waals surface area contributed by atoms with Crippen molar-refractivity contribution < 1.29 is 5.11 Å². The van der Waals surface area contributed by atoms with E-state index < -0.39 is 0 Å².